The van der Waals surface area contributed by atoms with Gasteiger partial charge in [0.1, 0.15) is 0 Å². The maximum Gasteiger partial charge on any atom is 0.0553 e. The highest BCUT2D eigenvalue weighted by Gasteiger charge is 2.31. The highest BCUT2D eigenvalue weighted by Crippen LogP contribution is 2.30. The summed E-state index contributed by atoms with van der Waals surface area (Å²) in [6.07, 6.45) is 0.608. The van der Waals surface area contributed by atoms with Crippen LogP contribution in [-0.4, -0.2) is 23.4 Å². The lowest BCUT2D eigenvalue weighted by atomic mass is 9.77. The van der Waals surface area contributed by atoms with E-state index in [4.69, 9.17) is 0 Å². The van der Waals surface area contributed by atoms with Crippen LogP contribution in [0.2, 0.25) is 0 Å². The third-order valence-electron chi connectivity index (χ3n) is 3.71. The van der Waals surface area contributed by atoms with Crippen LogP contribution in [0.4, 0.5) is 0 Å². The van der Waals surface area contributed by atoms with Gasteiger partial charge in [0.25, 0.3) is 0 Å². The van der Waals surface area contributed by atoms with Gasteiger partial charge in [0.2, 0.25) is 0 Å². The van der Waals surface area contributed by atoms with Gasteiger partial charge in [0.15, 0.2) is 0 Å². The van der Waals surface area contributed by atoms with E-state index in [1.165, 1.54) is 5.56 Å². The maximum atomic E-state index is 9.86. The Hall–Kier alpha value is -1.16. The van der Waals surface area contributed by atoms with Crippen molar-refractivity contribution in [2.24, 2.45) is 0 Å². The van der Waals surface area contributed by atoms with Gasteiger partial charge in [-0.3, -0.25) is 0 Å². The number of hydrogen-bond donors (Lipinski definition) is 2. The summed E-state index contributed by atoms with van der Waals surface area (Å²) in [5, 5.41) is 19.7. The largest absolute Gasteiger partial charge is 0.395 e. The lowest BCUT2D eigenvalue weighted by molar-refractivity contribution is 0.116. The molecule has 0 aliphatic rings. The van der Waals surface area contributed by atoms with Crippen molar-refractivity contribution in [3.8, 4) is 0 Å². The van der Waals surface area contributed by atoms with Crippen molar-refractivity contribution in [3.63, 3.8) is 0 Å². The smallest absolute Gasteiger partial charge is 0.0553 e. The molecule has 0 fully saturated rings. The van der Waals surface area contributed by atoms with E-state index in [0.717, 1.165) is 15.6 Å². The lowest BCUT2D eigenvalue weighted by Gasteiger charge is -2.31. The molecule has 2 rings (SSSR count). The second-order valence-electron chi connectivity index (χ2n) is 5.27. The van der Waals surface area contributed by atoms with Crippen LogP contribution in [0, 0.1) is 6.92 Å². The van der Waals surface area contributed by atoms with E-state index in [1.54, 1.807) is 0 Å². The molecule has 0 bridgehead atoms. The summed E-state index contributed by atoms with van der Waals surface area (Å²) in [7, 11) is 0. The second-order valence-corrected chi connectivity index (χ2v) is 6.18. The molecule has 0 aliphatic carbocycles. The number of aliphatic hydroxyl groups is 2. The van der Waals surface area contributed by atoms with Crippen LogP contribution >= 0.6 is 15.9 Å². The second kappa shape index (κ2) is 6.53. The third-order valence-corrected chi connectivity index (χ3v) is 4.20. The molecule has 106 valence electrons. The fourth-order valence-electron chi connectivity index (χ4n) is 2.36. The fourth-order valence-corrected chi connectivity index (χ4v) is 2.76. The number of rotatable bonds is 5. The van der Waals surface area contributed by atoms with Crippen molar-refractivity contribution < 1.29 is 10.2 Å². The highest BCUT2D eigenvalue weighted by atomic mass is 79.9. The first kappa shape index (κ1) is 15.2. The normalized spacial score (nSPS) is 11.6. The molecule has 0 atom stereocenters. The lowest BCUT2D eigenvalue weighted by Crippen LogP contribution is -2.37. The van der Waals surface area contributed by atoms with Gasteiger partial charge in [-0.25, -0.2) is 0 Å². The molecular weight excluding hydrogens is 316 g/mol. The van der Waals surface area contributed by atoms with E-state index in [9.17, 15) is 10.2 Å². The first-order valence-electron chi connectivity index (χ1n) is 6.63. The minimum Gasteiger partial charge on any atom is -0.395 e. The van der Waals surface area contributed by atoms with E-state index in [1.807, 2.05) is 43.3 Å². The Morgan fingerprint density at radius 3 is 2.20 bits per heavy atom. The molecule has 0 radical (unpaired) electrons. The Morgan fingerprint density at radius 1 is 1.00 bits per heavy atom. The molecule has 0 heterocycles. The average molecular weight is 335 g/mol. The summed E-state index contributed by atoms with van der Waals surface area (Å²) in [4.78, 5) is 0. The molecular formula is C17H19BrO2. The molecule has 2 N–H and O–H groups in total. The molecule has 0 saturated heterocycles. The fraction of sp³-hybridized carbons (Fsp3) is 0.294. The first-order chi connectivity index (χ1) is 9.59. The molecule has 2 aromatic rings. The molecule has 2 nitrogen and oxygen atoms in total. The van der Waals surface area contributed by atoms with Gasteiger partial charge < -0.3 is 10.2 Å². The Kier molecular flexibility index (Phi) is 4.97. The van der Waals surface area contributed by atoms with E-state index in [-0.39, 0.29) is 13.2 Å². The van der Waals surface area contributed by atoms with E-state index >= 15 is 0 Å². The van der Waals surface area contributed by atoms with Gasteiger partial charge >= 0.3 is 0 Å². The zero-order valence-corrected chi connectivity index (χ0v) is 13.1. The van der Waals surface area contributed by atoms with Crippen LogP contribution in [0.25, 0.3) is 0 Å². The number of benzene rings is 2. The minimum absolute atomic E-state index is 0.0895. The maximum absolute atomic E-state index is 9.86. The SMILES string of the molecule is Cc1ccc(CC(CO)(CO)c2cccc(Br)c2)cc1. The minimum atomic E-state index is -0.654. The van der Waals surface area contributed by atoms with E-state index < -0.39 is 5.41 Å². The summed E-state index contributed by atoms with van der Waals surface area (Å²) in [6, 6.07) is 16.0. The highest BCUT2D eigenvalue weighted by molar-refractivity contribution is 9.10. The van der Waals surface area contributed by atoms with Crippen LogP contribution in [-0.2, 0) is 11.8 Å². The van der Waals surface area contributed by atoms with Gasteiger partial charge in [-0.2, -0.15) is 0 Å². The van der Waals surface area contributed by atoms with Crippen LogP contribution in [0.1, 0.15) is 16.7 Å². The predicted molar refractivity (Wildman–Crippen MR) is 84.9 cm³/mol. The molecule has 2 aromatic carbocycles. The van der Waals surface area contributed by atoms with Crippen molar-refractivity contribution in [1.82, 2.24) is 0 Å². The zero-order chi connectivity index (χ0) is 14.6. The van der Waals surface area contributed by atoms with E-state index in [0.29, 0.717) is 6.42 Å². The summed E-state index contributed by atoms with van der Waals surface area (Å²) in [5.74, 6) is 0. The van der Waals surface area contributed by atoms with Crippen molar-refractivity contribution in [1.29, 1.82) is 0 Å². The molecule has 20 heavy (non-hydrogen) atoms. The van der Waals surface area contributed by atoms with Gasteiger partial charge in [-0.1, -0.05) is 57.9 Å². The standard InChI is InChI=1S/C17H19BrO2/c1-13-5-7-14(8-6-13)10-17(11-19,12-20)15-3-2-4-16(18)9-15/h2-9,19-20H,10-12H2,1H3. The Morgan fingerprint density at radius 2 is 1.65 bits per heavy atom. The van der Waals surface area contributed by atoms with Gasteiger partial charge in [0.05, 0.1) is 13.2 Å². The van der Waals surface area contributed by atoms with Crippen LogP contribution in [0.3, 0.4) is 0 Å². The molecule has 0 unspecified atom stereocenters. The average Bonchev–Trinajstić information content (AvgIpc) is 2.47. The molecule has 0 aliphatic heterocycles. The summed E-state index contributed by atoms with van der Waals surface area (Å²) in [5.41, 5.74) is 2.60. The predicted octanol–water partition coefficient (Wildman–Crippen LogP) is 3.22. The summed E-state index contributed by atoms with van der Waals surface area (Å²) < 4.78 is 0.949. The number of aliphatic hydroxyl groups excluding tert-OH is 2. The molecule has 0 saturated carbocycles. The van der Waals surface area contributed by atoms with Crippen molar-refractivity contribution >= 4 is 15.9 Å². The molecule has 3 heteroatoms. The van der Waals surface area contributed by atoms with Crippen molar-refractivity contribution in [3.05, 3.63) is 69.7 Å². The van der Waals surface area contributed by atoms with Gasteiger partial charge in [-0.05, 0) is 36.6 Å². The molecule has 0 spiro atoms. The Labute approximate surface area is 128 Å². The Balaban J connectivity index is 2.36. The number of aryl methyl sites for hydroxylation is 1. The zero-order valence-electron chi connectivity index (χ0n) is 11.5. The van der Waals surface area contributed by atoms with Crippen LogP contribution < -0.4 is 0 Å². The van der Waals surface area contributed by atoms with Crippen LogP contribution in [0.5, 0.6) is 0 Å². The summed E-state index contributed by atoms with van der Waals surface area (Å²) in [6.45, 7) is 1.87. The topological polar surface area (TPSA) is 40.5 Å². The van der Waals surface area contributed by atoms with E-state index in [2.05, 4.69) is 28.1 Å². The summed E-state index contributed by atoms with van der Waals surface area (Å²) >= 11 is 3.44. The third kappa shape index (κ3) is 3.29. The molecule has 0 aromatic heterocycles. The first-order valence-corrected chi connectivity index (χ1v) is 7.42. The van der Waals surface area contributed by atoms with Crippen LogP contribution in [0.15, 0.2) is 53.0 Å². The number of halogens is 1. The van der Waals surface area contributed by atoms with Crippen molar-refractivity contribution in [2.45, 2.75) is 18.8 Å². The van der Waals surface area contributed by atoms with Crippen molar-refractivity contribution in [2.75, 3.05) is 13.2 Å². The molecule has 0 amide bonds. The quantitative estimate of drug-likeness (QED) is 0.881. The van der Waals surface area contributed by atoms with Gasteiger partial charge in [-0.15, -0.1) is 0 Å². The monoisotopic (exact) mass is 334 g/mol. The Bertz CT molecular complexity index is 559. The van der Waals surface area contributed by atoms with Gasteiger partial charge in [0, 0.05) is 9.89 Å². The number of hydrogen-bond acceptors (Lipinski definition) is 2.